The molecule has 120 valence electrons. The number of carboxylic acids is 1. The van der Waals surface area contributed by atoms with Crippen LogP contribution in [0.3, 0.4) is 0 Å². The number of urea groups is 1. The summed E-state index contributed by atoms with van der Waals surface area (Å²) in [6.45, 7) is 3.01. The smallest absolute Gasteiger partial charge is 0.412 e. The number of carbonyl (C=O) groups excluding carboxylic acids is 1. The monoisotopic (exact) mass is 308 g/mol. The van der Waals surface area contributed by atoms with Crippen LogP contribution in [-0.2, 0) is 4.79 Å². The molecule has 0 saturated heterocycles. The second kappa shape index (κ2) is 6.36. The van der Waals surface area contributed by atoms with E-state index < -0.39 is 29.3 Å². The Hall–Kier alpha value is -1.73. The van der Waals surface area contributed by atoms with Gasteiger partial charge in [-0.2, -0.15) is 13.2 Å². The molecule has 0 fully saturated rings. The predicted molar refractivity (Wildman–Crippen MR) is 69.8 cm³/mol. The van der Waals surface area contributed by atoms with Crippen molar-refractivity contribution in [2.75, 3.05) is 13.1 Å². The van der Waals surface area contributed by atoms with E-state index in [-0.39, 0.29) is 32.4 Å². The van der Waals surface area contributed by atoms with Gasteiger partial charge in [0.2, 0.25) is 0 Å². The third kappa shape index (κ3) is 3.89. The summed E-state index contributed by atoms with van der Waals surface area (Å²) in [5.41, 5.74) is -2.03. The third-order valence-electron chi connectivity index (χ3n) is 3.82. The maximum Gasteiger partial charge on any atom is 0.412 e. The Morgan fingerprint density at radius 3 is 2.24 bits per heavy atom. The molecule has 0 aromatic carbocycles. The Bertz CT molecular complexity index is 442. The fraction of sp³-hybridized carbons (Fsp3) is 0.692. The first kappa shape index (κ1) is 17.3. The number of nitrogens with zero attached hydrogens (tertiary/aromatic N) is 1. The van der Waals surface area contributed by atoms with Crippen LogP contribution < -0.4 is 5.32 Å². The molecule has 1 rings (SSSR count). The summed E-state index contributed by atoms with van der Waals surface area (Å²) in [5, 5.41) is 11.7. The zero-order chi connectivity index (χ0) is 16.3. The number of amides is 2. The molecule has 0 aromatic heterocycles. The molecule has 1 aliphatic rings. The lowest BCUT2D eigenvalue weighted by Crippen LogP contribution is -2.57. The summed E-state index contributed by atoms with van der Waals surface area (Å²) in [7, 11) is 0. The summed E-state index contributed by atoms with van der Waals surface area (Å²) < 4.78 is 37.5. The van der Waals surface area contributed by atoms with Crippen molar-refractivity contribution >= 4 is 12.0 Å². The van der Waals surface area contributed by atoms with Crippen molar-refractivity contribution in [3.63, 3.8) is 0 Å². The predicted octanol–water partition coefficient (Wildman–Crippen LogP) is 2.53. The molecule has 0 spiro atoms. The summed E-state index contributed by atoms with van der Waals surface area (Å²) in [5.74, 6) is -1.15. The minimum Gasteiger partial charge on any atom is -0.480 e. The van der Waals surface area contributed by atoms with Crippen LogP contribution in [0, 0.1) is 0 Å². The zero-order valence-corrected chi connectivity index (χ0v) is 12.0. The molecular formula is C13H19F3N2O3. The van der Waals surface area contributed by atoms with Gasteiger partial charge in [-0.3, -0.25) is 0 Å². The van der Waals surface area contributed by atoms with Gasteiger partial charge in [0.05, 0.1) is 0 Å². The van der Waals surface area contributed by atoms with Crippen molar-refractivity contribution in [3.05, 3.63) is 11.6 Å². The number of nitrogens with one attached hydrogen (secondary N) is 1. The van der Waals surface area contributed by atoms with Crippen LogP contribution in [0.25, 0.3) is 0 Å². The Morgan fingerprint density at radius 1 is 1.33 bits per heavy atom. The second-order valence-corrected chi connectivity index (χ2v) is 4.95. The fourth-order valence-corrected chi connectivity index (χ4v) is 2.18. The number of hydrogen-bond acceptors (Lipinski definition) is 2. The van der Waals surface area contributed by atoms with Gasteiger partial charge in [-0.15, -0.1) is 0 Å². The number of alkyl halides is 3. The largest absolute Gasteiger partial charge is 0.480 e. The summed E-state index contributed by atoms with van der Waals surface area (Å²) in [6.07, 6.45) is -3.30. The molecule has 0 atom stereocenters. The van der Waals surface area contributed by atoms with E-state index in [0.717, 1.165) is 6.08 Å². The molecule has 2 N–H and O–H groups in total. The molecule has 0 unspecified atom stereocenters. The van der Waals surface area contributed by atoms with Crippen molar-refractivity contribution in [1.82, 2.24) is 10.2 Å². The van der Waals surface area contributed by atoms with Gasteiger partial charge in [0, 0.05) is 18.7 Å². The highest BCUT2D eigenvalue weighted by Crippen LogP contribution is 2.30. The SMILES string of the molecule is CCC(CC)(NC(=O)N1CC=C(C(F)(F)F)CC1)C(=O)O. The van der Waals surface area contributed by atoms with E-state index in [1.807, 2.05) is 0 Å². The number of carboxylic acid groups (broad SMARTS) is 1. The average molecular weight is 308 g/mol. The highest BCUT2D eigenvalue weighted by Gasteiger charge is 2.39. The Kier molecular flexibility index (Phi) is 5.25. The first-order valence-corrected chi connectivity index (χ1v) is 6.73. The molecule has 0 radical (unpaired) electrons. The van der Waals surface area contributed by atoms with Crippen molar-refractivity contribution in [2.45, 2.75) is 44.8 Å². The van der Waals surface area contributed by atoms with E-state index in [4.69, 9.17) is 0 Å². The molecule has 0 bridgehead atoms. The van der Waals surface area contributed by atoms with Gasteiger partial charge >= 0.3 is 18.2 Å². The number of hydrogen-bond donors (Lipinski definition) is 2. The molecule has 1 aliphatic heterocycles. The van der Waals surface area contributed by atoms with Gasteiger partial charge in [0.25, 0.3) is 0 Å². The summed E-state index contributed by atoms with van der Waals surface area (Å²) in [6, 6.07) is -0.654. The van der Waals surface area contributed by atoms with Crippen molar-refractivity contribution in [1.29, 1.82) is 0 Å². The van der Waals surface area contributed by atoms with Crippen molar-refractivity contribution < 1.29 is 27.9 Å². The number of rotatable bonds is 4. The van der Waals surface area contributed by atoms with E-state index in [1.165, 1.54) is 4.90 Å². The minimum absolute atomic E-state index is 0.0830. The van der Waals surface area contributed by atoms with E-state index in [0.29, 0.717) is 0 Å². The van der Waals surface area contributed by atoms with Crippen LogP contribution >= 0.6 is 0 Å². The number of carbonyl (C=O) groups is 2. The molecule has 0 aliphatic carbocycles. The van der Waals surface area contributed by atoms with Gasteiger partial charge in [0.1, 0.15) is 5.54 Å². The highest BCUT2D eigenvalue weighted by atomic mass is 19.4. The Morgan fingerprint density at radius 2 is 1.90 bits per heavy atom. The van der Waals surface area contributed by atoms with Gasteiger partial charge in [-0.05, 0) is 19.3 Å². The lowest BCUT2D eigenvalue weighted by Gasteiger charge is -2.33. The molecule has 1 heterocycles. The average Bonchev–Trinajstić information content (AvgIpc) is 2.43. The van der Waals surface area contributed by atoms with Crippen LogP contribution in [0.4, 0.5) is 18.0 Å². The van der Waals surface area contributed by atoms with Crippen LogP contribution in [0.15, 0.2) is 11.6 Å². The Labute approximate surface area is 120 Å². The second-order valence-electron chi connectivity index (χ2n) is 4.95. The van der Waals surface area contributed by atoms with E-state index >= 15 is 0 Å². The molecule has 21 heavy (non-hydrogen) atoms. The van der Waals surface area contributed by atoms with Crippen LogP contribution in [-0.4, -0.2) is 46.8 Å². The first-order chi connectivity index (χ1) is 9.66. The minimum atomic E-state index is -4.37. The van der Waals surface area contributed by atoms with Gasteiger partial charge in [0.15, 0.2) is 0 Å². The highest BCUT2D eigenvalue weighted by molar-refractivity contribution is 5.86. The maximum atomic E-state index is 12.5. The van der Waals surface area contributed by atoms with Crippen LogP contribution in [0.5, 0.6) is 0 Å². The van der Waals surface area contributed by atoms with E-state index in [2.05, 4.69) is 5.32 Å². The van der Waals surface area contributed by atoms with E-state index in [9.17, 15) is 27.9 Å². The number of halogens is 3. The molecule has 0 aromatic rings. The maximum absolute atomic E-state index is 12.5. The lowest BCUT2D eigenvalue weighted by molar-refractivity contribution is -0.144. The van der Waals surface area contributed by atoms with Crippen LogP contribution in [0.1, 0.15) is 33.1 Å². The van der Waals surface area contributed by atoms with E-state index in [1.54, 1.807) is 13.8 Å². The van der Waals surface area contributed by atoms with Gasteiger partial charge in [-0.1, -0.05) is 19.9 Å². The molecule has 5 nitrogen and oxygen atoms in total. The standard InChI is InChI=1S/C13H19F3N2O3/c1-3-12(4-2,10(19)20)17-11(21)18-7-5-9(6-8-18)13(14,15)16/h5H,3-4,6-8H2,1-2H3,(H,17,21)(H,19,20). The van der Waals surface area contributed by atoms with Crippen LogP contribution in [0.2, 0.25) is 0 Å². The quantitative estimate of drug-likeness (QED) is 0.784. The molecule has 2 amide bonds. The molecule has 8 heteroatoms. The molecule has 0 saturated carbocycles. The van der Waals surface area contributed by atoms with Gasteiger partial charge < -0.3 is 15.3 Å². The lowest BCUT2D eigenvalue weighted by atomic mass is 9.93. The third-order valence-corrected chi connectivity index (χ3v) is 3.82. The first-order valence-electron chi connectivity index (χ1n) is 6.73. The fourth-order valence-electron chi connectivity index (χ4n) is 2.18. The van der Waals surface area contributed by atoms with Crippen molar-refractivity contribution in [3.8, 4) is 0 Å². The topological polar surface area (TPSA) is 69.6 Å². The van der Waals surface area contributed by atoms with Gasteiger partial charge in [-0.25, -0.2) is 9.59 Å². The van der Waals surface area contributed by atoms with Crippen molar-refractivity contribution in [2.24, 2.45) is 0 Å². The Balaban J connectivity index is 2.75. The summed E-state index contributed by atoms with van der Waals surface area (Å²) >= 11 is 0. The zero-order valence-electron chi connectivity index (χ0n) is 12.0. The normalized spacial score (nSPS) is 16.4. The number of aliphatic carboxylic acids is 1. The molecular weight excluding hydrogens is 289 g/mol. The summed E-state index contributed by atoms with van der Waals surface area (Å²) in [4.78, 5) is 24.5.